The van der Waals surface area contributed by atoms with Gasteiger partial charge in [0.05, 0.1) is 36.1 Å². The maximum atomic E-state index is 2.47. The van der Waals surface area contributed by atoms with Crippen LogP contribution in [0.4, 0.5) is 22.7 Å². The molecule has 0 bridgehead atoms. The van der Waals surface area contributed by atoms with Crippen LogP contribution in [0.2, 0.25) is 0 Å². The van der Waals surface area contributed by atoms with Gasteiger partial charge in [0.2, 0.25) is 0 Å². The van der Waals surface area contributed by atoms with E-state index in [4.69, 9.17) is 0 Å². The molecule has 4 rings (SSSR count). The largest absolute Gasteiger partial charge is 0.355 e. The summed E-state index contributed by atoms with van der Waals surface area (Å²) in [6, 6.07) is 17.3. The van der Waals surface area contributed by atoms with Crippen molar-refractivity contribution >= 4 is 22.7 Å². The molecule has 4 heteroatoms. The molecule has 0 radical (unpaired) electrons. The predicted molar refractivity (Wildman–Crippen MR) is 94.1 cm³/mol. The van der Waals surface area contributed by atoms with Gasteiger partial charge in [-0.15, -0.1) is 0 Å². The molecular weight excluding hydrogens is 272 g/mol. The maximum absolute atomic E-state index is 2.47. The minimum atomic E-state index is 0.977. The Morgan fingerprint density at radius 1 is 0.636 bits per heavy atom. The number of hydrogen-bond acceptors (Lipinski definition) is 4. The Kier molecular flexibility index (Phi) is 3.10. The number of anilines is 4. The zero-order valence-electron chi connectivity index (χ0n) is 13.2. The molecule has 2 aliphatic heterocycles. The summed E-state index contributed by atoms with van der Waals surface area (Å²) in [5, 5.41) is 0. The summed E-state index contributed by atoms with van der Waals surface area (Å²) in [6.07, 6.45) is 0. The van der Waals surface area contributed by atoms with E-state index in [1.165, 1.54) is 22.7 Å². The minimum absolute atomic E-state index is 0.977. The number of para-hydroxylation sites is 4. The summed E-state index contributed by atoms with van der Waals surface area (Å²) in [4.78, 5) is 9.57. The monoisotopic (exact) mass is 294 g/mol. The van der Waals surface area contributed by atoms with Gasteiger partial charge in [-0.05, 0) is 24.3 Å². The highest BCUT2D eigenvalue weighted by Crippen LogP contribution is 2.36. The van der Waals surface area contributed by atoms with Crippen LogP contribution in [-0.2, 0) is 0 Å². The van der Waals surface area contributed by atoms with Gasteiger partial charge in [-0.2, -0.15) is 0 Å². The molecule has 0 saturated carbocycles. The lowest BCUT2D eigenvalue weighted by Crippen LogP contribution is -2.37. The summed E-state index contributed by atoms with van der Waals surface area (Å²) >= 11 is 0. The van der Waals surface area contributed by atoms with Crippen LogP contribution >= 0.6 is 0 Å². The smallest absolute Gasteiger partial charge is 0.0902 e. The molecule has 0 aliphatic carbocycles. The Hall–Kier alpha value is -2.36. The Morgan fingerprint density at radius 3 is 1.41 bits per heavy atom. The maximum Gasteiger partial charge on any atom is 0.0902 e. The molecule has 22 heavy (non-hydrogen) atoms. The zero-order valence-corrected chi connectivity index (χ0v) is 13.2. The molecule has 0 spiro atoms. The highest BCUT2D eigenvalue weighted by molar-refractivity contribution is 5.77. The van der Waals surface area contributed by atoms with Crippen molar-refractivity contribution in [2.75, 3.05) is 60.1 Å². The first kappa shape index (κ1) is 13.3. The summed E-state index contributed by atoms with van der Waals surface area (Å²) < 4.78 is 0. The van der Waals surface area contributed by atoms with Crippen molar-refractivity contribution in [2.24, 2.45) is 0 Å². The highest BCUT2D eigenvalue weighted by Gasteiger charge is 2.26. The Balaban J connectivity index is 1.49. The molecule has 2 aromatic rings. The lowest BCUT2D eigenvalue weighted by atomic mass is 10.2. The molecular formula is C18H22N4. The van der Waals surface area contributed by atoms with Gasteiger partial charge in [0.25, 0.3) is 0 Å². The Bertz CT molecular complexity index is 625. The molecule has 2 heterocycles. The molecule has 2 aliphatic rings. The average Bonchev–Trinajstić information content (AvgIpc) is 3.04. The van der Waals surface area contributed by atoms with Crippen LogP contribution in [0.1, 0.15) is 0 Å². The van der Waals surface area contributed by atoms with Crippen LogP contribution in [0, 0.1) is 0 Å². The number of rotatable bonds is 3. The van der Waals surface area contributed by atoms with Crippen molar-refractivity contribution in [3.63, 3.8) is 0 Å². The second-order valence-corrected chi connectivity index (χ2v) is 6.18. The molecule has 0 unspecified atom stereocenters. The molecule has 0 saturated heterocycles. The molecule has 0 amide bonds. The number of fused-ring (bicyclic) bond motifs is 2. The van der Waals surface area contributed by atoms with Gasteiger partial charge >= 0.3 is 0 Å². The van der Waals surface area contributed by atoms with Gasteiger partial charge < -0.3 is 19.6 Å². The first-order valence-corrected chi connectivity index (χ1v) is 7.84. The third kappa shape index (κ3) is 2.06. The normalized spacial score (nSPS) is 16.3. The third-order valence-corrected chi connectivity index (χ3v) is 4.67. The van der Waals surface area contributed by atoms with Crippen LogP contribution in [-0.4, -0.2) is 40.5 Å². The SMILES string of the molecule is CN1CN(CCN2CN(C)c3ccccc32)c2ccccc21. The van der Waals surface area contributed by atoms with Crippen molar-refractivity contribution in [3.8, 4) is 0 Å². The minimum Gasteiger partial charge on any atom is -0.355 e. The molecule has 4 nitrogen and oxygen atoms in total. The van der Waals surface area contributed by atoms with E-state index < -0.39 is 0 Å². The summed E-state index contributed by atoms with van der Waals surface area (Å²) in [5.74, 6) is 0. The Labute approximate surface area is 132 Å². The van der Waals surface area contributed by atoms with Crippen LogP contribution < -0.4 is 19.6 Å². The number of hydrogen-bond donors (Lipinski definition) is 0. The van der Waals surface area contributed by atoms with E-state index in [1.54, 1.807) is 0 Å². The quantitative estimate of drug-likeness (QED) is 0.863. The van der Waals surface area contributed by atoms with Gasteiger partial charge in [-0.3, -0.25) is 0 Å². The van der Waals surface area contributed by atoms with E-state index in [0.717, 1.165) is 26.4 Å². The zero-order chi connectivity index (χ0) is 15.1. The van der Waals surface area contributed by atoms with Crippen LogP contribution in [0.15, 0.2) is 48.5 Å². The van der Waals surface area contributed by atoms with Gasteiger partial charge in [0.15, 0.2) is 0 Å². The summed E-state index contributed by atoms with van der Waals surface area (Å²) in [7, 11) is 4.33. The second kappa shape index (κ2) is 5.13. The first-order valence-electron chi connectivity index (χ1n) is 7.84. The van der Waals surface area contributed by atoms with Gasteiger partial charge in [-0.25, -0.2) is 0 Å². The molecule has 114 valence electrons. The lowest BCUT2D eigenvalue weighted by molar-refractivity contribution is 0.748. The lowest BCUT2D eigenvalue weighted by Gasteiger charge is -2.25. The van der Waals surface area contributed by atoms with Crippen molar-refractivity contribution in [2.45, 2.75) is 0 Å². The van der Waals surface area contributed by atoms with E-state index in [9.17, 15) is 0 Å². The first-order chi connectivity index (χ1) is 10.7. The number of nitrogens with zero attached hydrogens (tertiary/aromatic N) is 4. The highest BCUT2D eigenvalue weighted by atomic mass is 15.4. The molecule has 2 aromatic carbocycles. The average molecular weight is 294 g/mol. The van der Waals surface area contributed by atoms with Crippen LogP contribution in [0.5, 0.6) is 0 Å². The second-order valence-electron chi connectivity index (χ2n) is 6.18. The topological polar surface area (TPSA) is 13.0 Å². The van der Waals surface area contributed by atoms with Crippen LogP contribution in [0.25, 0.3) is 0 Å². The van der Waals surface area contributed by atoms with E-state index in [1.807, 2.05) is 0 Å². The molecule has 0 atom stereocenters. The molecule has 0 aromatic heterocycles. The standard InChI is InChI=1S/C18H22N4/c1-19-13-21(17-9-5-3-7-15(17)19)11-12-22-14-20(2)16-8-4-6-10-18(16)22/h3-10H,11-14H2,1-2H3. The van der Waals surface area contributed by atoms with Crippen molar-refractivity contribution < 1.29 is 0 Å². The fourth-order valence-corrected chi connectivity index (χ4v) is 3.55. The van der Waals surface area contributed by atoms with Gasteiger partial charge in [-0.1, -0.05) is 24.3 Å². The Morgan fingerprint density at radius 2 is 1.00 bits per heavy atom. The molecule has 0 N–H and O–H groups in total. The van der Waals surface area contributed by atoms with E-state index in [-0.39, 0.29) is 0 Å². The van der Waals surface area contributed by atoms with Crippen molar-refractivity contribution in [1.29, 1.82) is 0 Å². The summed E-state index contributed by atoms with van der Waals surface area (Å²) in [6.45, 7) is 4.04. The fraction of sp³-hybridized carbons (Fsp3) is 0.333. The number of benzene rings is 2. The van der Waals surface area contributed by atoms with E-state index >= 15 is 0 Å². The van der Waals surface area contributed by atoms with Crippen molar-refractivity contribution in [1.82, 2.24) is 0 Å². The predicted octanol–water partition coefficient (Wildman–Crippen LogP) is 2.81. The fourth-order valence-electron chi connectivity index (χ4n) is 3.55. The van der Waals surface area contributed by atoms with Gasteiger partial charge in [0, 0.05) is 27.2 Å². The van der Waals surface area contributed by atoms with Gasteiger partial charge in [0.1, 0.15) is 0 Å². The van der Waals surface area contributed by atoms with E-state index in [0.29, 0.717) is 0 Å². The summed E-state index contributed by atoms with van der Waals surface area (Å²) in [5.41, 5.74) is 5.37. The van der Waals surface area contributed by atoms with E-state index in [2.05, 4.69) is 82.2 Å². The molecule has 0 fully saturated rings. The van der Waals surface area contributed by atoms with Crippen LogP contribution in [0.3, 0.4) is 0 Å². The third-order valence-electron chi connectivity index (χ3n) is 4.67. The van der Waals surface area contributed by atoms with Crippen molar-refractivity contribution in [3.05, 3.63) is 48.5 Å².